The first kappa shape index (κ1) is 22.4. The Balaban J connectivity index is 1.44. The second-order valence-corrected chi connectivity index (χ2v) is 8.47. The first-order chi connectivity index (χ1) is 15.9. The van der Waals surface area contributed by atoms with Gasteiger partial charge in [-0.3, -0.25) is 0 Å². The zero-order valence-corrected chi connectivity index (χ0v) is 18.5. The Morgan fingerprint density at radius 2 is 1.79 bits per heavy atom. The van der Waals surface area contributed by atoms with Crippen LogP contribution in [0, 0.1) is 5.82 Å². The van der Waals surface area contributed by atoms with E-state index in [1.54, 1.807) is 31.4 Å². The van der Waals surface area contributed by atoms with Gasteiger partial charge < -0.3 is 14.2 Å². The second kappa shape index (κ2) is 9.38. The zero-order valence-electron chi connectivity index (χ0n) is 17.7. The van der Waals surface area contributed by atoms with Crippen molar-refractivity contribution in [3.63, 3.8) is 0 Å². The molecule has 0 atom stereocenters. The van der Waals surface area contributed by atoms with Gasteiger partial charge in [-0.05, 0) is 48.5 Å². The predicted octanol–water partition coefficient (Wildman–Crippen LogP) is 2.30. The Kier molecular flexibility index (Phi) is 6.38. The highest BCUT2D eigenvalue weighted by Crippen LogP contribution is 2.24. The maximum absolute atomic E-state index is 13.5. The minimum absolute atomic E-state index is 0.0185. The van der Waals surface area contributed by atoms with Crippen LogP contribution in [0.25, 0.3) is 17.0 Å². The number of sulfonamides is 1. The first-order valence-electron chi connectivity index (χ1n) is 9.74. The van der Waals surface area contributed by atoms with E-state index in [-0.39, 0.29) is 29.7 Å². The number of nitrogens with zero attached hydrogens (tertiary/aromatic N) is 4. The lowest BCUT2D eigenvalue weighted by atomic mass is 10.2. The van der Waals surface area contributed by atoms with Crippen LogP contribution in [0.2, 0.25) is 0 Å². The van der Waals surface area contributed by atoms with E-state index in [1.165, 1.54) is 17.7 Å². The number of ether oxygens (including phenoxy) is 3. The fourth-order valence-corrected chi connectivity index (χ4v) is 4.23. The quantitative estimate of drug-likeness (QED) is 0.368. The lowest BCUT2D eigenvalue weighted by molar-refractivity contribution is 0.305. The first-order valence-corrected chi connectivity index (χ1v) is 11.2. The summed E-state index contributed by atoms with van der Waals surface area (Å²) in [6, 6.07) is 13.8. The van der Waals surface area contributed by atoms with E-state index in [4.69, 9.17) is 14.2 Å². The molecule has 2 aromatic heterocycles. The molecule has 10 nitrogen and oxygen atoms in total. The van der Waals surface area contributed by atoms with Crippen LogP contribution in [0.15, 0.2) is 59.5 Å². The van der Waals surface area contributed by atoms with Crippen molar-refractivity contribution in [3.05, 3.63) is 60.4 Å². The smallest absolute Gasteiger partial charge is 0.244 e. The maximum atomic E-state index is 13.5. The summed E-state index contributed by atoms with van der Waals surface area (Å²) >= 11 is 0. The minimum Gasteiger partial charge on any atom is -0.497 e. The third kappa shape index (κ3) is 4.86. The fraction of sp³-hybridized carbons (Fsp3) is 0.190. The molecule has 0 amide bonds. The maximum Gasteiger partial charge on any atom is 0.244 e. The van der Waals surface area contributed by atoms with Crippen LogP contribution < -0.4 is 18.9 Å². The molecule has 172 valence electrons. The normalized spacial score (nSPS) is 11.5. The highest BCUT2D eigenvalue weighted by molar-refractivity contribution is 7.89. The zero-order chi connectivity index (χ0) is 23.4. The number of hydrogen-bond acceptors (Lipinski definition) is 8. The molecule has 0 aliphatic rings. The third-order valence-electron chi connectivity index (χ3n) is 4.65. The molecule has 0 fully saturated rings. The van der Waals surface area contributed by atoms with Gasteiger partial charge >= 0.3 is 0 Å². The van der Waals surface area contributed by atoms with Gasteiger partial charge in [0.15, 0.2) is 11.5 Å². The third-order valence-corrected chi connectivity index (χ3v) is 6.13. The van der Waals surface area contributed by atoms with Gasteiger partial charge in [-0.15, -0.1) is 15.3 Å². The van der Waals surface area contributed by atoms with E-state index < -0.39 is 15.8 Å². The van der Waals surface area contributed by atoms with Crippen molar-refractivity contribution in [1.82, 2.24) is 24.5 Å². The van der Waals surface area contributed by atoms with Crippen LogP contribution in [-0.4, -0.2) is 55.6 Å². The molecule has 1 N–H and O–H groups in total. The predicted molar refractivity (Wildman–Crippen MR) is 116 cm³/mol. The van der Waals surface area contributed by atoms with Gasteiger partial charge in [-0.25, -0.2) is 17.5 Å². The van der Waals surface area contributed by atoms with E-state index >= 15 is 0 Å². The Labute approximate surface area is 189 Å². The second-order valence-electron chi connectivity index (χ2n) is 6.74. The highest BCUT2D eigenvalue weighted by Gasteiger charge is 2.20. The van der Waals surface area contributed by atoms with E-state index in [0.717, 1.165) is 17.7 Å². The topological polar surface area (TPSA) is 117 Å². The van der Waals surface area contributed by atoms with Crippen molar-refractivity contribution in [2.75, 3.05) is 27.4 Å². The van der Waals surface area contributed by atoms with Crippen LogP contribution in [-0.2, 0) is 10.0 Å². The number of methoxy groups -OCH3 is 2. The van der Waals surface area contributed by atoms with Gasteiger partial charge in [0.1, 0.15) is 28.8 Å². The van der Waals surface area contributed by atoms with E-state index in [2.05, 4.69) is 20.0 Å². The lowest BCUT2D eigenvalue weighted by Gasteiger charge is -2.11. The molecule has 12 heteroatoms. The molecule has 2 heterocycles. The number of rotatable bonds is 9. The van der Waals surface area contributed by atoms with Crippen LogP contribution >= 0.6 is 0 Å². The average Bonchev–Trinajstić information content (AvgIpc) is 3.25. The molecule has 4 aromatic rings. The van der Waals surface area contributed by atoms with Crippen molar-refractivity contribution in [1.29, 1.82) is 0 Å². The molecule has 0 saturated carbocycles. The molecule has 0 bridgehead atoms. The fourth-order valence-electron chi connectivity index (χ4n) is 3.04. The molecule has 0 aliphatic carbocycles. The van der Waals surface area contributed by atoms with Gasteiger partial charge in [0.05, 0.1) is 14.2 Å². The summed E-state index contributed by atoms with van der Waals surface area (Å²) in [4.78, 5) is -0.293. The summed E-state index contributed by atoms with van der Waals surface area (Å²) < 4.78 is 58.2. The van der Waals surface area contributed by atoms with E-state index in [0.29, 0.717) is 17.2 Å². The molecule has 0 spiro atoms. The average molecular weight is 473 g/mol. The van der Waals surface area contributed by atoms with Crippen molar-refractivity contribution < 1.29 is 27.0 Å². The largest absolute Gasteiger partial charge is 0.497 e. The van der Waals surface area contributed by atoms with Gasteiger partial charge in [0.2, 0.25) is 15.9 Å². The summed E-state index contributed by atoms with van der Waals surface area (Å²) in [6.07, 6.45) is 0. The van der Waals surface area contributed by atoms with E-state index in [9.17, 15) is 12.8 Å². The molecule has 0 radical (unpaired) electrons. The van der Waals surface area contributed by atoms with Gasteiger partial charge in [0.25, 0.3) is 0 Å². The Morgan fingerprint density at radius 3 is 2.52 bits per heavy atom. The number of hydrogen-bond donors (Lipinski definition) is 1. The number of nitrogens with one attached hydrogen (secondary N) is 1. The SMILES string of the molecule is COc1ccc(-c2nnc3ccc(OCCNS(=O)(=O)c4cc(F)ccc4OC)nn23)cc1. The molecule has 4 rings (SSSR count). The minimum atomic E-state index is -4.01. The van der Waals surface area contributed by atoms with Crippen molar-refractivity contribution in [3.8, 4) is 28.8 Å². The van der Waals surface area contributed by atoms with Gasteiger partial charge in [0, 0.05) is 18.2 Å². The Bertz CT molecular complexity index is 1380. The Hall–Kier alpha value is -3.77. The molecule has 0 saturated heterocycles. The molecule has 0 aliphatic heterocycles. The highest BCUT2D eigenvalue weighted by atomic mass is 32.2. The summed E-state index contributed by atoms with van der Waals surface area (Å²) in [7, 11) is -1.11. The van der Waals surface area contributed by atoms with Crippen LogP contribution in [0.5, 0.6) is 17.4 Å². The Morgan fingerprint density at radius 1 is 1.00 bits per heavy atom. The summed E-state index contributed by atoms with van der Waals surface area (Å²) in [6.45, 7) is -0.0927. The summed E-state index contributed by atoms with van der Waals surface area (Å²) in [5.41, 5.74) is 1.30. The summed E-state index contributed by atoms with van der Waals surface area (Å²) in [5, 5.41) is 12.6. The monoisotopic (exact) mass is 473 g/mol. The standard InChI is InChI=1S/C21H20FN5O5S/c1-30-16-6-3-14(4-7-16)21-25-24-19-9-10-20(26-27(19)21)32-12-11-23-33(28,29)18-13-15(22)5-8-17(18)31-2/h3-10,13,23H,11-12H2,1-2H3. The number of fused-ring (bicyclic) bond motifs is 1. The molecule has 33 heavy (non-hydrogen) atoms. The lowest BCUT2D eigenvalue weighted by Crippen LogP contribution is -2.28. The molecular weight excluding hydrogens is 453 g/mol. The molecular formula is C21H20FN5O5S. The van der Waals surface area contributed by atoms with Crippen molar-refractivity contribution in [2.24, 2.45) is 0 Å². The number of aromatic nitrogens is 4. The van der Waals surface area contributed by atoms with Crippen molar-refractivity contribution >= 4 is 15.7 Å². The molecule has 0 unspecified atom stereocenters. The van der Waals surface area contributed by atoms with Gasteiger partial charge in [-0.2, -0.15) is 4.52 Å². The van der Waals surface area contributed by atoms with Crippen molar-refractivity contribution in [2.45, 2.75) is 4.90 Å². The van der Waals surface area contributed by atoms with Gasteiger partial charge in [-0.1, -0.05) is 0 Å². The van der Waals surface area contributed by atoms with Crippen LogP contribution in [0.4, 0.5) is 4.39 Å². The molecule has 2 aromatic carbocycles. The van der Waals surface area contributed by atoms with Crippen LogP contribution in [0.1, 0.15) is 0 Å². The number of benzene rings is 2. The summed E-state index contributed by atoms with van der Waals surface area (Å²) in [5.74, 6) is 0.821. The van der Waals surface area contributed by atoms with Crippen LogP contribution in [0.3, 0.4) is 0 Å². The number of halogens is 1. The van der Waals surface area contributed by atoms with E-state index in [1.807, 2.05) is 12.1 Å².